The van der Waals surface area contributed by atoms with E-state index in [1.54, 1.807) is 13.4 Å². The summed E-state index contributed by atoms with van der Waals surface area (Å²) in [6.07, 6.45) is 3.66. The van der Waals surface area contributed by atoms with E-state index in [0.717, 1.165) is 11.4 Å². The predicted octanol–water partition coefficient (Wildman–Crippen LogP) is 2.92. The Kier molecular flexibility index (Phi) is 4.50. The van der Waals surface area contributed by atoms with Crippen LogP contribution in [-0.2, 0) is 4.84 Å². The fraction of sp³-hybridized carbons (Fsp3) is 0.250. The van der Waals surface area contributed by atoms with Crippen LogP contribution in [0.15, 0.2) is 54.1 Å². The number of pyridine rings is 1. The fourth-order valence-corrected chi connectivity index (χ4v) is 3.14. The highest BCUT2D eigenvalue weighted by Gasteiger charge is 2.23. The van der Waals surface area contributed by atoms with Crippen molar-refractivity contribution in [1.29, 1.82) is 0 Å². The van der Waals surface area contributed by atoms with Gasteiger partial charge in [-0.2, -0.15) is 0 Å². The molecule has 0 saturated carbocycles. The molecule has 0 spiro atoms. The highest BCUT2D eigenvalue weighted by Crippen LogP contribution is 2.24. The lowest BCUT2D eigenvalue weighted by Gasteiger charge is -2.25. The van der Waals surface area contributed by atoms with Gasteiger partial charge in [-0.25, -0.2) is 9.97 Å². The summed E-state index contributed by atoms with van der Waals surface area (Å²) in [4.78, 5) is 14.3. The van der Waals surface area contributed by atoms with Crippen LogP contribution in [0.4, 0.5) is 0 Å². The number of nitrogens with one attached hydrogen (secondary N) is 1. The zero-order valence-electron chi connectivity index (χ0n) is 15.5. The molecule has 0 bridgehead atoms. The number of hydrogen-bond donors (Lipinski definition) is 1. The molecule has 4 rings (SSSR count). The average molecular weight is 363 g/mol. The molecular formula is C20H21N5O2. The van der Waals surface area contributed by atoms with Gasteiger partial charge in [0, 0.05) is 6.20 Å². The van der Waals surface area contributed by atoms with Gasteiger partial charge in [-0.1, -0.05) is 29.4 Å². The number of methoxy groups -OCH3 is 1. The normalized spacial score (nSPS) is 16.3. The Balaban J connectivity index is 1.63. The Labute approximate surface area is 157 Å². The lowest BCUT2D eigenvalue weighted by atomic mass is 10.0. The molecule has 3 aromatic rings. The van der Waals surface area contributed by atoms with Gasteiger partial charge in [0.15, 0.2) is 5.84 Å². The van der Waals surface area contributed by atoms with E-state index in [4.69, 9.17) is 9.57 Å². The van der Waals surface area contributed by atoms with Crippen LogP contribution in [0.5, 0.6) is 5.88 Å². The van der Waals surface area contributed by atoms with Crippen molar-refractivity contribution >= 4 is 5.84 Å². The van der Waals surface area contributed by atoms with Crippen molar-refractivity contribution in [1.82, 2.24) is 19.9 Å². The van der Waals surface area contributed by atoms with Gasteiger partial charge in [-0.3, -0.25) is 0 Å². The van der Waals surface area contributed by atoms with Crippen LogP contribution < -0.4 is 10.1 Å². The highest BCUT2D eigenvalue weighted by molar-refractivity contribution is 5.97. The number of benzene rings is 1. The topological polar surface area (TPSA) is 73.6 Å². The molecule has 0 saturated heterocycles. The molecule has 27 heavy (non-hydrogen) atoms. The second-order valence-electron chi connectivity index (χ2n) is 6.44. The summed E-state index contributed by atoms with van der Waals surface area (Å²) in [6, 6.07) is 12.1. The van der Waals surface area contributed by atoms with Crippen molar-refractivity contribution in [3.63, 3.8) is 0 Å². The molecule has 2 aromatic heterocycles. The van der Waals surface area contributed by atoms with E-state index in [0.29, 0.717) is 24.0 Å². The first-order chi connectivity index (χ1) is 13.2. The average Bonchev–Trinajstić information content (AvgIpc) is 3.14. The largest absolute Gasteiger partial charge is 0.479 e. The maximum atomic E-state index is 5.49. The Morgan fingerprint density at radius 3 is 2.78 bits per heavy atom. The summed E-state index contributed by atoms with van der Waals surface area (Å²) in [5.41, 5.74) is 4.79. The molecule has 138 valence electrons. The molecule has 7 nitrogen and oxygen atoms in total. The summed E-state index contributed by atoms with van der Waals surface area (Å²) >= 11 is 0. The number of ether oxygens (including phenoxy) is 1. The zero-order chi connectivity index (χ0) is 18.8. The SMILES string of the molecule is COc1nc(C2=NOCC(c3ccccc3C)N2)ccc1-n1cnc(C)c1. The minimum atomic E-state index is 0.0162. The quantitative estimate of drug-likeness (QED) is 0.771. The number of hydrogen-bond acceptors (Lipinski definition) is 6. The molecule has 7 heteroatoms. The zero-order valence-corrected chi connectivity index (χ0v) is 15.5. The van der Waals surface area contributed by atoms with Crippen LogP contribution in [-0.4, -0.2) is 34.1 Å². The molecule has 3 heterocycles. The van der Waals surface area contributed by atoms with Crippen molar-refractivity contribution in [3.8, 4) is 11.6 Å². The molecule has 1 aliphatic rings. The van der Waals surface area contributed by atoms with Gasteiger partial charge in [-0.15, -0.1) is 0 Å². The number of imidazole rings is 1. The summed E-state index contributed by atoms with van der Waals surface area (Å²) in [7, 11) is 1.60. The van der Waals surface area contributed by atoms with Crippen LogP contribution in [0.1, 0.15) is 28.6 Å². The van der Waals surface area contributed by atoms with Gasteiger partial charge in [0.25, 0.3) is 0 Å². The molecule has 1 N–H and O–H groups in total. The van der Waals surface area contributed by atoms with E-state index in [1.807, 2.05) is 42.0 Å². The standard InChI is InChI=1S/C20H21N5O2/c1-13-6-4-5-7-15(13)17-11-27-24-19(22-17)16-8-9-18(20(23-16)26-3)25-10-14(2)21-12-25/h4-10,12,17H,11H2,1-3H3,(H,22,24). The third-order valence-corrected chi connectivity index (χ3v) is 4.54. The Hall–Kier alpha value is -3.35. The smallest absolute Gasteiger partial charge is 0.238 e. The molecule has 1 aromatic carbocycles. The molecule has 1 aliphatic heterocycles. The molecule has 1 atom stereocenters. The summed E-state index contributed by atoms with van der Waals surface area (Å²) in [5, 5.41) is 7.58. The van der Waals surface area contributed by atoms with E-state index in [-0.39, 0.29) is 6.04 Å². The van der Waals surface area contributed by atoms with E-state index in [1.165, 1.54) is 11.1 Å². The van der Waals surface area contributed by atoms with Crippen molar-refractivity contribution in [2.45, 2.75) is 19.9 Å². The second kappa shape index (κ2) is 7.11. The van der Waals surface area contributed by atoms with E-state index in [9.17, 15) is 0 Å². The van der Waals surface area contributed by atoms with Crippen molar-refractivity contribution in [3.05, 3.63) is 71.4 Å². The minimum Gasteiger partial charge on any atom is -0.479 e. The number of aromatic nitrogens is 3. The fourth-order valence-electron chi connectivity index (χ4n) is 3.14. The second-order valence-corrected chi connectivity index (χ2v) is 6.44. The predicted molar refractivity (Wildman–Crippen MR) is 102 cm³/mol. The maximum Gasteiger partial charge on any atom is 0.238 e. The Morgan fingerprint density at radius 2 is 2.04 bits per heavy atom. The molecule has 0 radical (unpaired) electrons. The Bertz CT molecular complexity index is 996. The third-order valence-electron chi connectivity index (χ3n) is 4.54. The van der Waals surface area contributed by atoms with Crippen molar-refractivity contribution in [2.24, 2.45) is 5.16 Å². The molecule has 0 fully saturated rings. The first kappa shape index (κ1) is 17.1. The molecule has 0 aliphatic carbocycles. The van der Waals surface area contributed by atoms with Crippen molar-refractivity contribution < 1.29 is 9.57 Å². The van der Waals surface area contributed by atoms with Crippen LogP contribution in [0.2, 0.25) is 0 Å². The van der Waals surface area contributed by atoms with Crippen LogP contribution in [0, 0.1) is 13.8 Å². The summed E-state index contributed by atoms with van der Waals surface area (Å²) < 4.78 is 7.37. The number of aryl methyl sites for hydroxylation is 2. The maximum absolute atomic E-state index is 5.49. The monoisotopic (exact) mass is 363 g/mol. The van der Waals surface area contributed by atoms with Gasteiger partial charge in [0.05, 0.1) is 25.2 Å². The van der Waals surface area contributed by atoms with Gasteiger partial charge in [-0.05, 0) is 37.1 Å². The number of rotatable bonds is 4. The van der Waals surface area contributed by atoms with Gasteiger partial charge in [0.2, 0.25) is 5.88 Å². The highest BCUT2D eigenvalue weighted by atomic mass is 16.6. The minimum absolute atomic E-state index is 0.0162. The summed E-state index contributed by atoms with van der Waals surface area (Å²) in [6.45, 7) is 4.50. The molecule has 1 unspecified atom stereocenters. The first-order valence-electron chi connectivity index (χ1n) is 8.74. The number of nitrogens with zero attached hydrogens (tertiary/aromatic N) is 4. The number of oxime groups is 1. The van der Waals surface area contributed by atoms with E-state index in [2.05, 4.69) is 39.5 Å². The van der Waals surface area contributed by atoms with Crippen LogP contribution >= 0.6 is 0 Å². The first-order valence-corrected chi connectivity index (χ1v) is 8.74. The summed E-state index contributed by atoms with van der Waals surface area (Å²) in [5.74, 6) is 1.08. The van der Waals surface area contributed by atoms with Gasteiger partial charge < -0.3 is 19.5 Å². The Morgan fingerprint density at radius 1 is 1.19 bits per heavy atom. The molecule has 0 amide bonds. The lowest BCUT2D eigenvalue weighted by molar-refractivity contribution is 0.109. The van der Waals surface area contributed by atoms with Gasteiger partial charge >= 0.3 is 0 Å². The van der Waals surface area contributed by atoms with Crippen LogP contribution in [0.25, 0.3) is 5.69 Å². The van der Waals surface area contributed by atoms with E-state index >= 15 is 0 Å². The van der Waals surface area contributed by atoms with Crippen molar-refractivity contribution in [2.75, 3.05) is 13.7 Å². The molecular weight excluding hydrogens is 342 g/mol. The third kappa shape index (κ3) is 3.36. The van der Waals surface area contributed by atoms with Gasteiger partial charge in [0.1, 0.15) is 18.0 Å². The van der Waals surface area contributed by atoms with Crippen LogP contribution in [0.3, 0.4) is 0 Å². The lowest BCUT2D eigenvalue weighted by Crippen LogP contribution is -2.36. The number of amidine groups is 1. The van der Waals surface area contributed by atoms with E-state index < -0.39 is 0 Å².